The first-order chi connectivity index (χ1) is 6.59. The molecule has 5 nitrogen and oxygen atoms in total. The molecule has 0 saturated carbocycles. The Morgan fingerprint density at radius 3 is 2.86 bits per heavy atom. The Kier molecular flexibility index (Phi) is 3.06. The summed E-state index contributed by atoms with van der Waals surface area (Å²) in [6.45, 7) is -0.0429. The van der Waals surface area contributed by atoms with Crippen molar-refractivity contribution < 1.29 is 9.90 Å². The molecular formula is C9H11N3O2. The van der Waals surface area contributed by atoms with Crippen LogP contribution in [-0.4, -0.2) is 23.4 Å². The second-order valence-electron chi connectivity index (χ2n) is 2.74. The molecule has 0 aliphatic rings. The molecule has 0 fully saturated rings. The number of hydrogen-bond acceptors (Lipinski definition) is 3. The summed E-state index contributed by atoms with van der Waals surface area (Å²) in [6, 6.07) is 6.01. The number of phenols is 1. The zero-order valence-corrected chi connectivity index (χ0v) is 7.45. The highest BCUT2D eigenvalue weighted by atomic mass is 16.3. The van der Waals surface area contributed by atoms with Crippen LogP contribution >= 0.6 is 0 Å². The van der Waals surface area contributed by atoms with E-state index in [1.165, 1.54) is 12.1 Å². The third-order valence-electron chi connectivity index (χ3n) is 1.61. The van der Waals surface area contributed by atoms with E-state index in [-0.39, 0.29) is 24.0 Å². The van der Waals surface area contributed by atoms with Gasteiger partial charge in [0, 0.05) is 5.56 Å². The molecule has 0 aliphatic heterocycles. The monoisotopic (exact) mass is 193 g/mol. The van der Waals surface area contributed by atoms with Crippen LogP contribution in [0.3, 0.4) is 0 Å². The van der Waals surface area contributed by atoms with Gasteiger partial charge >= 0.3 is 0 Å². The number of benzene rings is 1. The van der Waals surface area contributed by atoms with Gasteiger partial charge < -0.3 is 16.2 Å². The highest BCUT2D eigenvalue weighted by Crippen LogP contribution is 2.10. The smallest absolute Gasteiger partial charge is 0.186 e. The van der Waals surface area contributed by atoms with Gasteiger partial charge in [-0.05, 0) is 12.1 Å². The quantitative estimate of drug-likeness (QED) is 0.310. The van der Waals surface area contributed by atoms with E-state index in [2.05, 4.69) is 5.32 Å². The zero-order valence-electron chi connectivity index (χ0n) is 7.45. The van der Waals surface area contributed by atoms with Gasteiger partial charge in [0.05, 0.1) is 6.54 Å². The molecule has 0 bridgehead atoms. The van der Waals surface area contributed by atoms with Gasteiger partial charge in [-0.3, -0.25) is 10.2 Å². The number of hydrogen-bond donors (Lipinski definition) is 4. The second kappa shape index (κ2) is 4.27. The first-order valence-corrected chi connectivity index (χ1v) is 3.99. The topological polar surface area (TPSA) is 99.2 Å². The van der Waals surface area contributed by atoms with Gasteiger partial charge in [0.15, 0.2) is 11.7 Å². The van der Waals surface area contributed by atoms with Crippen LogP contribution in [0.5, 0.6) is 5.75 Å². The third-order valence-corrected chi connectivity index (χ3v) is 1.61. The van der Waals surface area contributed by atoms with Gasteiger partial charge in [-0.1, -0.05) is 12.1 Å². The summed E-state index contributed by atoms with van der Waals surface area (Å²) in [4.78, 5) is 11.4. The summed E-state index contributed by atoms with van der Waals surface area (Å²) < 4.78 is 0. The van der Waals surface area contributed by atoms with Crippen molar-refractivity contribution in [1.29, 1.82) is 5.41 Å². The van der Waals surface area contributed by atoms with Crippen LogP contribution in [0.4, 0.5) is 0 Å². The second-order valence-corrected chi connectivity index (χ2v) is 2.74. The Balaban J connectivity index is 2.65. The lowest BCUT2D eigenvalue weighted by atomic mass is 10.1. The summed E-state index contributed by atoms with van der Waals surface area (Å²) in [6.07, 6.45) is 0. The molecular weight excluding hydrogens is 182 g/mol. The Morgan fingerprint density at radius 1 is 1.57 bits per heavy atom. The molecule has 0 aromatic heterocycles. The maximum atomic E-state index is 11.4. The van der Waals surface area contributed by atoms with E-state index in [1.807, 2.05) is 0 Å². The number of ketones is 1. The molecule has 0 spiro atoms. The minimum absolute atomic E-state index is 0.0404. The number of phenolic OH excluding ortho intramolecular Hbond substituents is 1. The van der Waals surface area contributed by atoms with Gasteiger partial charge in [-0.2, -0.15) is 0 Å². The fourth-order valence-electron chi connectivity index (χ4n) is 0.957. The lowest BCUT2D eigenvalue weighted by molar-refractivity contribution is 0.0996. The number of Topliss-reactive ketones (excluding diaryl/α,β-unsaturated/α-hetero) is 1. The minimum atomic E-state index is -0.251. The number of guanidine groups is 1. The summed E-state index contributed by atoms with van der Waals surface area (Å²) in [5, 5.41) is 18.4. The summed E-state index contributed by atoms with van der Waals surface area (Å²) in [5.74, 6) is -0.437. The number of nitrogens with one attached hydrogen (secondary N) is 2. The lowest BCUT2D eigenvalue weighted by Gasteiger charge is -2.03. The molecule has 0 aliphatic carbocycles. The zero-order chi connectivity index (χ0) is 10.6. The summed E-state index contributed by atoms with van der Waals surface area (Å²) in [7, 11) is 0. The van der Waals surface area contributed by atoms with Crippen molar-refractivity contribution >= 4 is 11.7 Å². The molecule has 0 amide bonds. The van der Waals surface area contributed by atoms with E-state index in [0.29, 0.717) is 5.56 Å². The first-order valence-electron chi connectivity index (χ1n) is 3.99. The number of carbonyl (C=O) groups excluding carboxylic acids is 1. The normalized spacial score (nSPS) is 9.43. The van der Waals surface area contributed by atoms with Crippen LogP contribution in [0.2, 0.25) is 0 Å². The largest absolute Gasteiger partial charge is 0.508 e. The molecule has 74 valence electrons. The van der Waals surface area contributed by atoms with E-state index in [9.17, 15) is 4.79 Å². The summed E-state index contributed by atoms with van der Waals surface area (Å²) >= 11 is 0. The molecule has 1 aromatic rings. The molecule has 0 unspecified atom stereocenters. The maximum Gasteiger partial charge on any atom is 0.186 e. The number of nitrogens with two attached hydrogens (primary N) is 1. The van der Waals surface area contributed by atoms with Gasteiger partial charge in [0.25, 0.3) is 0 Å². The predicted molar refractivity (Wildman–Crippen MR) is 52.4 cm³/mol. The van der Waals surface area contributed by atoms with Crippen molar-refractivity contribution in [1.82, 2.24) is 5.32 Å². The molecule has 5 N–H and O–H groups in total. The number of aromatic hydroxyl groups is 1. The SMILES string of the molecule is N=C(N)NCC(=O)c1cccc(O)c1. The highest BCUT2D eigenvalue weighted by Gasteiger charge is 2.05. The molecule has 5 heteroatoms. The minimum Gasteiger partial charge on any atom is -0.508 e. The van der Waals surface area contributed by atoms with Crippen molar-refractivity contribution in [3.05, 3.63) is 29.8 Å². The third kappa shape index (κ3) is 2.78. The van der Waals surface area contributed by atoms with Crippen LogP contribution < -0.4 is 11.1 Å². The number of carbonyl (C=O) groups is 1. The van der Waals surface area contributed by atoms with Crippen LogP contribution in [-0.2, 0) is 0 Å². The predicted octanol–water partition coefficient (Wildman–Crippen LogP) is 0.0580. The van der Waals surface area contributed by atoms with E-state index in [0.717, 1.165) is 0 Å². The van der Waals surface area contributed by atoms with Crippen LogP contribution in [0, 0.1) is 5.41 Å². The van der Waals surface area contributed by atoms with Gasteiger partial charge in [0.2, 0.25) is 0 Å². The van der Waals surface area contributed by atoms with Gasteiger partial charge in [-0.25, -0.2) is 0 Å². The Hall–Kier alpha value is -2.04. The molecule has 1 aromatic carbocycles. The highest BCUT2D eigenvalue weighted by molar-refractivity contribution is 5.99. The van der Waals surface area contributed by atoms with E-state index < -0.39 is 0 Å². The van der Waals surface area contributed by atoms with E-state index in [4.69, 9.17) is 16.2 Å². The van der Waals surface area contributed by atoms with E-state index in [1.54, 1.807) is 12.1 Å². The molecule has 1 rings (SSSR count). The fraction of sp³-hybridized carbons (Fsp3) is 0.111. The summed E-state index contributed by atoms with van der Waals surface area (Å²) in [5.41, 5.74) is 5.41. The Morgan fingerprint density at radius 2 is 2.29 bits per heavy atom. The van der Waals surface area contributed by atoms with Crippen molar-refractivity contribution in [2.45, 2.75) is 0 Å². The van der Waals surface area contributed by atoms with Crippen molar-refractivity contribution in [3.63, 3.8) is 0 Å². The standard InChI is InChI=1S/C9H11N3O2/c10-9(11)12-5-8(14)6-2-1-3-7(13)4-6/h1-4,13H,5H2,(H4,10,11,12). The maximum absolute atomic E-state index is 11.4. The average molecular weight is 193 g/mol. The fourth-order valence-corrected chi connectivity index (χ4v) is 0.957. The Bertz CT molecular complexity index is 363. The average Bonchev–Trinajstić information content (AvgIpc) is 2.14. The Labute approximate surface area is 81.1 Å². The van der Waals surface area contributed by atoms with Crippen LogP contribution in [0.25, 0.3) is 0 Å². The number of rotatable bonds is 3. The van der Waals surface area contributed by atoms with Gasteiger partial charge in [0.1, 0.15) is 5.75 Å². The molecule has 0 atom stereocenters. The van der Waals surface area contributed by atoms with Gasteiger partial charge in [-0.15, -0.1) is 0 Å². The van der Waals surface area contributed by atoms with Crippen molar-refractivity contribution in [2.24, 2.45) is 5.73 Å². The first kappa shape index (κ1) is 10.0. The molecule has 14 heavy (non-hydrogen) atoms. The van der Waals surface area contributed by atoms with Crippen molar-refractivity contribution in [2.75, 3.05) is 6.54 Å². The lowest BCUT2D eigenvalue weighted by Crippen LogP contribution is -2.34. The van der Waals surface area contributed by atoms with Crippen LogP contribution in [0.1, 0.15) is 10.4 Å². The van der Waals surface area contributed by atoms with Crippen molar-refractivity contribution in [3.8, 4) is 5.75 Å². The van der Waals surface area contributed by atoms with Crippen LogP contribution in [0.15, 0.2) is 24.3 Å². The molecule has 0 heterocycles. The van der Waals surface area contributed by atoms with E-state index >= 15 is 0 Å². The molecule has 0 saturated heterocycles. The molecule has 0 radical (unpaired) electrons.